The summed E-state index contributed by atoms with van der Waals surface area (Å²) >= 11 is 0. The smallest absolute Gasteiger partial charge is 0.136 e. The fourth-order valence-corrected chi connectivity index (χ4v) is 3.34. The van der Waals surface area contributed by atoms with E-state index in [0.29, 0.717) is 19.8 Å². The van der Waals surface area contributed by atoms with Gasteiger partial charge in [-0.05, 0) is 30.7 Å². The number of halogens is 1. The normalized spacial score (nSPS) is 11.7. The molecule has 0 saturated carbocycles. The molecule has 4 aromatic rings. The summed E-state index contributed by atoms with van der Waals surface area (Å²) in [7, 11) is 0. The Kier molecular flexibility index (Phi) is 6.29. The summed E-state index contributed by atoms with van der Waals surface area (Å²) in [5.74, 6) is 0.603. The fraction of sp³-hybridized carbons (Fsp3) is 0.261. The monoisotopic (exact) mass is 406 g/mol. The third kappa shape index (κ3) is 4.46. The molecule has 154 valence electrons. The van der Waals surface area contributed by atoms with Gasteiger partial charge in [0, 0.05) is 25.0 Å². The van der Waals surface area contributed by atoms with Crippen LogP contribution in [0, 0.1) is 5.82 Å². The van der Waals surface area contributed by atoms with Gasteiger partial charge in [0.1, 0.15) is 30.4 Å². The Morgan fingerprint density at radius 1 is 1.10 bits per heavy atom. The van der Waals surface area contributed by atoms with Gasteiger partial charge in [0.25, 0.3) is 0 Å². The lowest BCUT2D eigenvalue weighted by Crippen LogP contribution is -2.08. The molecule has 6 nitrogen and oxygen atoms in total. The van der Waals surface area contributed by atoms with Crippen LogP contribution in [0.3, 0.4) is 0 Å². The Labute approximate surface area is 174 Å². The fourth-order valence-electron chi connectivity index (χ4n) is 3.34. The summed E-state index contributed by atoms with van der Waals surface area (Å²) in [6.45, 7) is 4.22. The zero-order valence-electron chi connectivity index (χ0n) is 16.8. The van der Waals surface area contributed by atoms with Gasteiger partial charge in [-0.15, -0.1) is 0 Å². The summed E-state index contributed by atoms with van der Waals surface area (Å²) in [5, 5.41) is 5.04. The lowest BCUT2D eigenvalue weighted by molar-refractivity contribution is 0.122. The van der Waals surface area contributed by atoms with E-state index >= 15 is 0 Å². The van der Waals surface area contributed by atoms with E-state index in [1.54, 1.807) is 18.3 Å². The van der Waals surface area contributed by atoms with E-state index in [9.17, 15) is 4.39 Å². The zero-order chi connectivity index (χ0) is 20.8. The Morgan fingerprint density at radius 2 is 1.93 bits per heavy atom. The van der Waals surface area contributed by atoms with E-state index in [1.807, 2.05) is 31.3 Å². The molecule has 0 N–H and O–H groups in total. The van der Waals surface area contributed by atoms with Crippen molar-refractivity contribution in [2.24, 2.45) is 5.16 Å². The molecule has 0 aliphatic heterocycles. The molecule has 2 heterocycles. The highest BCUT2D eigenvalue weighted by Gasteiger charge is 2.14. The quantitative estimate of drug-likeness (QED) is 0.230. The topological polar surface area (TPSA) is 61.5 Å². The molecule has 0 aliphatic rings. The van der Waals surface area contributed by atoms with Gasteiger partial charge in [-0.2, -0.15) is 0 Å². The van der Waals surface area contributed by atoms with Gasteiger partial charge in [-0.25, -0.2) is 9.37 Å². The third-order valence-electron chi connectivity index (χ3n) is 4.76. The van der Waals surface area contributed by atoms with E-state index in [4.69, 9.17) is 14.6 Å². The molecule has 4 rings (SSSR count). The van der Waals surface area contributed by atoms with Gasteiger partial charge in [0.05, 0.1) is 23.4 Å². The zero-order valence-corrected chi connectivity index (χ0v) is 16.8. The molecular formula is C23H23FN4O2. The maximum atomic E-state index is 12.9. The number of aromatic nitrogens is 3. The van der Waals surface area contributed by atoms with Crippen LogP contribution >= 0.6 is 0 Å². The summed E-state index contributed by atoms with van der Waals surface area (Å²) in [6, 6.07) is 14.2. The molecule has 0 spiro atoms. The first-order chi connectivity index (χ1) is 14.8. The average Bonchev–Trinajstić information content (AvgIpc) is 3.13. The van der Waals surface area contributed by atoms with E-state index < -0.39 is 0 Å². The third-order valence-corrected chi connectivity index (χ3v) is 4.76. The van der Waals surface area contributed by atoms with Crippen molar-refractivity contribution in [1.82, 2.24) is 14.5 Å². The number of fused-ring (bicyclic) bond motifs is 3. The Bertz CT molecular complexity index is 1160. The van der Waals surface area contributed by atoms with E-state index in [2.05, 4.69) is 20.8 Å². The summed E-state index contributed by atoms with van der Waals surface area (Å²) in [4.78, 5) is 14.6. The Balaban J connectivity index is 1.48. The van der Waals surface area contributed by atoms with Gasteiger partial charge in [0.15, 0.2) is 0 Å². The number of rotatable bonds is 9. The molecule has 0 saturated heterocycles. The first-order valence-corrected chi connectivity index (χ1v) is 9.97. The maximum absolute atomic E-state index is 12.9. The second-order valence-electron chi connectivity index (χ2n) is 6.80. The van der Waals surface area contributed by atoms with Crippen molar-refractivity contribution < 1.29 is 14.0 Å². The van der Waals surface area contributed by atoms with Crippen molar-refractivity contribution in [3.05, 3.63) is 71.9 Å². The maximum Gasteiger partial charge on any atom is 0.136 e. The van der Waals surface area contributed by atoms with Crippen LogP contribution in [0.4, 0.5) is 4.39 Å². The largest absolute Gasteiger partial charge is 0.396 e. The van der Waals surface area contributed by atoms with Crippen LogP contribution < -0.4 is 0 Å². The van der Waals surface area contributed by atoms with Crippen LogP contribution in [0.1, 0.15) is 24.7 Å². The molecule has 0 unspecified atom stereocenters. The molecule has 0 aliphatic carbocycles. The van der Waals surface area contributed by atoms with Crippen molar-refractivity contribution in [3.63, 3.8) is 0 Å². The highest BCUT2D eigenvalue weighted by Crippen LogP contribution is 2.25. The number of imidazole rings is 1. The number of nitrogens with zero attached hydrogens (tertiary/aromatic N) is 4. The van der Waals surface area contributed by atoms with Crippen LogP contribution in [0.15, 0.2) is 59.9 Å². The molecule has 2 aromatic heterocycles. The number of hydrogen-bond acceptors (Lipinski definition) is 5. The molecule has 30 heavy (non-hydrogen) atoms. The minimum Gasteiger partial charge on any atom is -0.396 e. The van der Waals surface area contributed by atoms with Crippen LogP contribution in [-0.4, -0.2) is 34.0 Å². The molecule has 0 bridgehead atoms. The van der Waals surface area contributed by atoms with Crippen molar-refractivity contribution in [2.75, 3.05) is 13.2 Å². The second kappa shape index (κ2) is 9.45. The number of ether oxygens (including phenoxy) is 1. The van der Waals surface area contributed by atoms with Crippen LogP contribution in [0.5, 0.6) is 0 Å². The molecule has 0 fully saturated rings. The lowest BCUT2D eigenvalue weighted by atomic mass is 10.2. The second-order valence-corrected chi connectivity index (χ2v) is 6.80. The highest BCUT2D eigenvalue weighted by molar-refractivity contribution is 6.02. The van der Waals surface area contributed by atoms with Gasteiger partial charge < -0.3 is 14.1 Å². The molecular weight excluding hydrogens is 383 g/mol. The van der Waals surface area contributed by atoms with Crippen LogP contribution in [0.25, 0.3) is 21.9 Å². The predicted molar refractivity (Wildman–Crippen MR) is 115 cm³/mol. The number of aryl methyl sites for hydroxylation is 1. The molecule has 2 aromatic carbocycles. The minimum absolute atomic E-state index is 0.272. The van der Waals surface area contributed by atoms with Crippen molar-refractivity contribution >= 4 is 28.2 Å². The van der Waals surface area contributed by atoms with Gasteiger partial charge >= 0.3 is 0 Å². The number of para-hydroxylation sites is 1. The Morgan fingerprint density at radius 3 is 2.77 bits per heavy atom. The van der Waals surface area contributed by atoms with Crippen LogP contribution in [-0.2, 0) is 22.7 Å². The summed E-state index contributed by atoms with van der Waals surface area (Å²) < 4.78 is 20.7. The summed E-state index contributed by atoms with van der Waals surface area (Å²) in [5.41, 5.74) is 3.65. The Hall–Kier alpha value is -3.32. The van der Waals surface area contributed by atoms with Crippen LogP contribution in [0.2, 0.25) is 0 Å². The number of pyridine rings is 1. The molecule has 7 heteroatoms. The molecule has 0 radical (unpaired) electrons. The number of hydrogen-bond donors (Lipinski definition) is 0. The van der Waals surface area contributed by atoms with E-state index in [1.165, 1.54) is 12.1 Å². The van der Waals surface area contributed by atoms with Crippen molar-refractivity contribution in [2.45, 2.75) is 26.5 Å². The van der Waals surface area contributed by atoms with Crippen molar-refractivity contribution in [3.8, 4) is 0 Å². The van der Waals surface area contributed by atoms with Crippen molar-refractivity contribution in [1.29, 1.82) is 0 Å². The highest BCUT2D eigenvalue weighted by atomic mass is 19.1. The van der Waals surface area contributed by atoms with Gasteiger partial charge in [0.2, 0.25) is 0 Å². The first-order valence-electron chi connectivity index (χ1n) is 9.97. The first kappa shape index (κ1) is 20.0. The summed E-state index contributed by atoms with van der Waals surface area (Å²) in [6.07, 6.45) is 4.14. The standard InChI is InChI=1S/C23H23FN4O2/c1-2-29-16-22-27-21-15-25-20-7-4-3-6-19(20)23(21)28(22)12-5-13-30-26-14-17-8-10-18(24)11-9-17/h3-4,6-11,14-15H,2,5,12-13,16H2,1H3. The van der Waals surface area contributed by atoms with E-state index in [0.717, 1.165) is 46.3 Å². The van der Waals surface area contributed by atoms with Gasteiger partial charge in [-0.3, -0.25) is 4.98 Å². The lowest BCUT2D eigenvalue weighted by Gasteiger charge is -2.10. The predicted octanol–water partition coefficient (Wildman–Crippen LogP) is 4.70. The molecule has 0 atom stereocenters. The number of benzene rings is 2. The average molecular weight is 406 g/mol. The molecule has 0 amide bonds. The number of oxime groups is 1. The van der Waals surface area contributed by atoms with Gasteiger partial charge in [-0.1, -0.05) is 35.5 Å². The SMILES string of the molecule is CCOCc1nc2cnc3ccccc3c2n1CCCON=Cc1ccc(F)cc1. The van der Waals surface area contributed by atoms with E-state index in [-0.39, 0.29) is 5.82 Å². The minimum atomic E-state index is -0.272.